The van der Waals surface area contributed by atoms with Crippen LogP contribution < -0.4 is 0 Å². The lowest BCUT2D eigenvalue weighted by Crippen LogP contribution is -1.97. The smallest absolute Gasteiger partial charge is 0.172 e. The molecule has 0 radical (unpaired) electrons. The molecular formula is C9H8N4O. The van der Waals surface area contributed by atoms with Crippen molar-refractivity contribution in [3.05, 3.63) is 29.7 Å². The molecular weight excluding hydrogens is 180 g/mol. The van der Waals surface area contributed by atoms with Gasteiger partial charge in [-0.3, -0.25) is 0 Å². The Morgan fingerprint density at radius 2 is 2.36 bits per heavy atom. The molecule has 0 aliphatic heterocycles. The van der Waals surface area contributed by atoms with Crippen molar-refractivity contribution in [1.29, 1.82) is 5.26 Å². The Morgan fingerprint density at radius 1 is 1.50 bits per heavy atom. The summed E-state index contributed by atoms with van der Waals surface area (Å²) in [5.41, 5.74) is 1.90. The highest BCUT2D eigenvalue weighted by molar-refractivity contribution is 5.53. The van der Waals surface area contributed by atoms with Gasteiger partial charge in [0.05, 0.1) is 6.20 Å². The molecule has 14 heavy (non-hydrogen) atoms. The van der Waals surface area contributed by atoms with E-state index in [4.69, 9.17) is 10.4 Å². The molecule has 0 aromatic carbocycles. The predicted octanol–water partition coefficient (Wildman–Crippen LogP) is 0.136. The first-order valence-corrected chi connectivity index (χ1v) is 4.18. The SMILES string of the molecule is N#Cc1cnn2cc(CCO)cnc12. The lowest BCUT2D eigenvalue weighted by molar-refractivity contribution is 0.299. The molecule has 0 amide bonds. The zero-order valence-corrected chi connectivity index (χ0v) is 7.38. The Balaban J connectivity index is 2.53. The Labute approximate surface area is 80.2 Å². The van der Waals surface area contributed by atoms with Gasteiger partial charge < -0.3 is 5.11 Å². The maximum atomic E-state index is 8.73. The first-order chi connectivity index (χ1) is 6.85. The van der Waals surface area contributed by atoms with Gasteiger partial charge in [-0.25, -0.2) is 9.50 Å². The van der Waals surface area contributed by atoms with Crippen LogP contribution in [0.15, 0.2) is 18.6 Å². The largest absolute Gasteiger partial charge is 0.396 e. The lowest BCUT2D eigenvalue weighted by Gasteiger charge is -1.98. The minimum Gasteiger partial charge on any atom is -0.396 e. The van der Waals surface area contributed by atoms with Gasteiger partial charge in [-0.1, -0.05) is 0 Å². The number of rotatable bonds is 2. The maximum absolute atomic E-state index is 8.73. The quantitative estimate of drug-likeness (QED) is 0.727. The van der Waals surface area contributed by atoms with Gasteiger partial charge in [-0.2, -0.15) is 10.4 Å². The lowest BCUT2D eigenvalue weighted by atomic mass is 10.2. The molecule has 0 bridgehead atoms. The minimum atomic E-state index is 0.0829. The van der Waals surface area contributed by atoms with Crippen LogP contribution in [0.4, 0.5) is 0 Å². The highest BCUT2D eigenvalue weighted by atomic mass is 16.2. The van der Waals surface area contributed by atoms with Crippen molar-refractivity contribution in [2.45, 2.75) is 6.42 Å². The van der Waals surface area contributed by atoms with Crippen LogP contribution in [0.25, 0.3) is 5.65 Å². The number of fused-ring (bicyclic) bond motifs is 1. The normalized spacial score (nSPS) is 10.3. The van der Waals surface area contributed by atoms with Crippen molar-refractivity contribution >= 4 is 5.65 Å². The number of nitrogens with zero attached hydrogens (tertiary/aromatic N) is 4. The predicted molar refractivity (Wildman–Crippen MR) is 48.5 cm³/mol. The van der Waals surface area contributed by atoms with Gasteiger partial charge in [0.15, 0.2) is 5.65 Å². The first kappa shape index (κ1) is 8.66. The number of aromatic nitrogens is 3. The molecule has 0 saturated carbocycles. The number of hydrogen-bond acceptors (Lipinski definition) is 4. The molecule has 0 atom stereocenters. The second kappa shape index (κ2) is 3.44. The average Bonchev–Trinajstić information content (AvgIpc) is 2.60. The van der Waals surface area contributed by atoms with Crippen molar-refractivity contribution in [3.63, 3.8) is 0 Å². The summed E-state index contributed by atoms with van der Waals surface area (Å²) in [6.07, 6.45) is 5.43. The molecule has 5 heteroatoms. The van der Waals surface area contributed by atoms with E-state index >= 15 is 0 Å². The summed E-state index contributed by atoms with van der Waals surface area (Å²) < 4.78 is 1.55. The molecule has 2 heterocycles. The fraction of sp³-hybridized carbons (Fsp3) is 0.222. The Bertz CT molecular complexity index is 497. The van der Waals surface area contributed by atoms with Gasteiger partial charge in [0.25, 0.3) is 0 Å². The average molecular weight is 188 g/mol. The number of aliphatic hydroxyl groups is 1. The molecule has 0 fully saturated rings. The molecule has 0 unspecified atom stereocenters. The van der Waals surface area contributed by atoms with Crippen LogP contribution in [0, 0.1) is 11.3 Å². The zero-order valence-electron chi connectivity index (χ0n) is 7.38. The second-order valence-electron chi connectivity index (χ2n) is 2.87. The van der Waals surface area contributed by atoms with Gasteiger partial charge in [0.2, 0.25) is 0 Å². The second-order valence-corrected chi connectivity index (χ2v) is 2.87. The van der Waals surface area contributed by atoms with Gasteiger partial charge in [-0.15, -0.1) is 0 Å². The molecule has 2 aromatic rings. The molecule has 2 aromatic heterocycles. The van der Waals surface area contributed by atoms with Crippen LogP contribution in [0.2, 0.25) is 0 Å². The van der Waals surface area contributed by atoms with Crippen molar-refractivity contribution in [2.24, 2.45) is 0 Å². The number of hydrogen-bond donors (Lipinski definition) is 1. The maximum Gasteiger partial charge on any atom is 0.172 e. The third kappa shape index (κ3) is 1.32. The van der Waals surface area contributed by atoms with Crippen LogP contribution >= 0.6 is 0 Å². The van der Waals surface area contributed by atoms with Gasteiger partial charge in [0, 0.05) is 19.0 Å². The van der Waals surface area contributed by atoms with Gasteiger partial charge in [0.1, 0.15) is 11.6 Å². The topological polar surface area (TPSA) is 74.2 Å². The molecule has 0 aliphatic rings. The molecule has 0 spiro atoms. The Kier molecular flexibility index (Phi) is 2.13. The van der Waals surface area contributed by atoms with E-state index in [0.717, 1.165) is 5.56 Å². The number of aliphatic hydroxyl groups excluding tert-OH is 1. The van der Waals surface area contributed by atoms with Crippen molar-refractivity contribution < 1.29 is 5.11 Å². The molecule has 1 N–H and O–H groups in total. The van der Waals surface area contributed by atoms with Gasteiger partial charge >= 0.3 is 0 Å². The molecule has 0 saturated heterocycles. The minimum absolute atomic E-state index is 0.0829. The summed E-state index contributed by atoms with van der Waals surface area (Å²) >= 11 is 0. The molecule has 2 rings (SSSR count). The van der Waals surface area contributed by atoms with Crippen molar-refractivity contribution in [1.82, 2.24) is 14.6 Å². The van der Waals surface area contributed by atoms with Crippen LogP contribution in [-0.4, -0.2) is 26.3 Å². The van der Waals surface area contributed by atoms with Crippen molar-refractivity contribution in [2.75, 3.05) is 6.61 Å². The van der Waals surface area contributed by atoms with E-state index in [1.165, 1.54) is 6.20 Å². The summed E-state index contributed by atoms with van der Waals surface area (Å²) in [6, 6.07) is 2.01. The van der Waals surface area contributed by atoms with Crippen molar-refractivity contribution in [3.8, 4) is 6.07 Å². The van der Waals surface area contributed by atoms with E-state index in [9.17, 15) is 0 Å². The van der Waals surface area contributed by atoms with E-state index in [2.05, 4.69) is 10.1 Å². The molecule has 70 valence electrons. The van der Waals surface area contributed by atoms with E-state index < -0.39 is 0 Å². The summed E-state index contributed by atoms with van der Waals surface area (Å²) in [7, 11) is 0. The van der Waals surface area contributed by atoms with E-state index in [1.54, 1.807) is 16.9 Å². The summed E-state index contributed by atoms with van der Waals surface area (Å²) in [4.78, 5) is 4.10. The third-order valence-electron chi connectivity index (χ3n) is 1.93. The van der Waals surface area contributed by atoms with E-state index in [-0.39, 0.29) is 6.61 Å². The van der Waals surface area contributed by atoms with Crippen LogP contribution in [0.5, 0.6) is 0 Å². The molecule has 0 aliphatic carbocycles. The van der Waals surface area contributed by atoms with Crippen LogP contribution in [0.1, 0.15) is 11.1 Å². The number of nitriles is 1. The summed E-state index contributed by atoms with van der Waals surface area (Å²) in [5.74, 6) is 0. The molecule has 5 nitrogen and oxygen atoms in total. The highest BCUT2D eigenvalue weighted by Crippen LogP contribution is 2.07. The third-order valence-corrected chi connectivity index (χ3v) is 1.93. The van der Waals surface area contributed by atoms with E-state index in [1.807, 2.05) is 6.07 Å². The highest BCUT2D eigenvalue weighted by Gasteiger charge is 2.04. The zero-order chi connectivity index (χ0) is 9.97. The van der Waals surface area contributed by atoms with E-state index in [0.29, 0.717) is 17.6 Å². The Morgan fingerprint density at radius 3 is 3.07 bits per heavy atom. The fourth-order valence-corrected chi connectivity index (χ4v) is 1.25. The first-order valence-electron chi connectivity index (χ1n) is 4.18. The fourth-order valence-electron chi connectivity index (χ4n) is 1.25. The summed E-state index contributed by atoms with van der Waals surface area (Å²) in [6.45, 7) is 0.0829. The summed E-state index contributed by atoms with van der Waals surface area (Å²) in [5, 5.41) is 21.4. The van der Waals surface area contributed by atoms with Crippen LogP contribution in [0.3, 0.4) is 0 Å². The monoisotopic (exact) mass is 188 g/mol. The van der Waals surface area contributed by atoms with Crippen LogP contribution in [-0.2, 0) is 6.42 Å². The standard InChI is InChI=1S/C9H8N4O/c10-3-8-5-12-13-6-7(1-2-14)4-11-9(8)13/h4-6,14H,1-2H2. The van der Waals surface area contributed by atoms with Gasteiger partial charge in [-0.05, 0) is 12.0 Å². The Hall–Kier alpha value is -1.93.